The number of nitro benzene ring substituents is 2. The summed E-state index contributed by atoms with van der Waals surface area (Å²) in [5, 5.41) is 22.6. The third kappa shape index (κ3) is 3.58. The van der Waals surface area contributed by atoms with Gasteiger partial charge in [-0.1, -0.05) is 41.4 Å². The summed E-state index contributed by atoms with van der Waals surface area (Å²) in [5.41, 5.74) is 2.19. The van der Waals surface area contributed by atoms with Crippen molar-refractivity contribution < 1.29 is 9.85 Å². The number of nitrogens with zero attached hydrogens (tertiary/aromatic N) is 4. The molecule has 0 saturated heterocycles. The van der Waals surface area contributed by atoms with E-state index in [2.05, 4.69) is 4.98 Å². The molecule has 0 bridgehead atoms. The normalized spacial score (nSPS) is 11.0. The Morgan fingerprint density at radius 1 is 0.867 bits per heavy atom. The molecular weight excluding hydrogens is 431 g/mol. The third-order valence-electron chi connectivity index (χ3n) is 4.60. The van der Waals surface area contributed by atoms with Crippen molar-refractivity contribution in [3.63, 3.8) is 0 Å². The van der Waals surface area contributed by atoms with E-state index >= 15 is 0 Å². The molecule has 0 aliphatic carbocycles. The predicted octanol–water partition coefficient (Wildman–Crippen LogP) is 5.87. The lowest BCUT2D eigenvalue weighted by molar-refractivity contribution is -0.384. The number of benzene rings is 3. The minimum atomic E-state index is -0.554. The molecule has 3 aromatic carbocycles. The maximum Gasteiger partial charge on any atom is 0.288 e. The molecule has 0 unspecified atom stereocenters. The first-order valence-corrected chi connectivity index (χ1v) is 9.43. The largest absolute Gasteiger partial charge is 0.319 e. The summed E-state index contributed by atoms with van der Waals surface area (Å²) in [6.45, 7) is 0.254. The molecule has 0 aliphatic rings. The number of halogens is 2. The van der Waals surface area contributed by atoms with E-state index in [1.807, 2.05) is 28.8 Å². The van der Waals surface area contributed by atoms with Gasteiger partial charge in [-0.15, -0.1) is 0 Å². The van der Waals surface area contributed by atoms with E-state index in [0.717, 1.165) is 5.52 Å². The number of imidazole rings is 1. The van der Waals surface area contributed by atoms with Crippen LogP contribution in [-0.2, 0) is 6.54 Å². The van der Waals surface area contributed by atoms with Crippen LogP contribution in [0.5, 0.6) is 0 Å². The number of rotatable bonds is 5. The van der Waals surface area contributed by atoms with E-state index < -0.39 is 9.85 Å². The SMILES string of the molecule is O=[N+]([O-])c1cc(Cn2c(-c3ccc(Cl)c([N+](=O)[O-])c3)nc3ccccc32)ccc1Cl. The zero-order chi connectivity index (χ0) is 21.4. The molecule has 150 valence electrons. The van der Waals surface area contributed by atoms with Crippen molar-refractivity contribution in [1.29, 1.82) is 0 Å². The molecule has 0 saturated carbocycles. The van der Waals surface area contributed by atoms with Gasteiger partial charge in [0, 0.05) is 24.2 Å². The monoisotopic (exact) mass is 442 g/mol. The fourth-order valence-electron chi connectivity index (χ4n) is 3.23. The molecule has 10 heteroatoms. The Bertz CT molecular complexity index is 1320. The van der Waals surface area contributed by atoms with E-state index in [0.29, 0.717) is 22.5 Å². The van der Waals surface area contributed by atoms with Crippen LogP contribution >= 0.6 is 23.2 Å². The highest BCUT2D eigenvalue weighted by Gasteiger charge is 2.19. The Morgan fingerprint density at radius 3 is 2.20 bits per heavy atom. The molecule has 0 N–H and O–H groups in total. The van der Waals surface area contributed by atoms with Crippen LogP contribution in [0.3, 0.4) is 0 Å². The van der Waals surface area contributed by atoms with E-state index in [-0.39, 0.29) is 28.0 Å². The Kier molecular flexibility index (Phi) is 5.11. The van der Waals surface area contributed by atoms with Crippen LogP contribution in [0.15, 0.2) is 60.7 Å². The lowest BCUT2D eigenvalue weighted by Gasteiger charge is -2.10. The van der Waals surface area contributed by atoms with Crippen LogP contribution in [0.2, 0.25) is 10.0 Å². The highest BCUT2D eigenvalue weighted by Crippen LogP contribution is 2.33. The molecule has 1 aromatic heterocycles. The van der Waals surface area contributed by atoms with Crippen LogP contribution in [0.25, 0.3) is 22.4 Å². The zero-order valence-corrected chi connectivity index (χ0v) is 16.7. The summed E-state index contributed by atoms with van der Waals surface area (Å²) in [5.74, 6) is 0.480. The van der Waals surface area contributed by atoms with Gasteiger partial charge in [-0.25, -0.2) is 4.98 Å². The van der Waals surface area contributed by atoms with Gasteiger partial charge in [-0.3, -0.25) is 20.2 Å². The molecule has 0 atom stereocenters. The van der Waals surface area contributed by atoms with Crippen molar-refractivity contribution in [2.24, 2.45) is 0 Å². The van der Waals surface area contributed by atoms with Crippen LogP contribution in [0.1, 0.15) is 5.56 Å². The number of hydrogen-bond acceptors (Lipinski definition) is 5. The first-order chi connectivity index (χ1) is 14.3. The van der Waals surface area contributed by atoms with Gasteiger partial charge in [0.1, 0.15) is 15.9 Å². The van der Waals surface area contributed by atoms with E-state index in [1.165, 1.54) is 24.3 Å². The van der Waals surface area contributed by atoms with Gasteiger partial charge in [0.25, 0.3) is 11.4 Å². The zero-order valence-electron chi connectivity index (χ0n) is 15.2. The second-order valence-electron chi connectivity index (χ2n) is 6.48. The van der Waals surface area contributed by atoms with Crippen molar-refractivity contribution in [3.8, 4) is 11.4 Å². The topological polar surface area (TPSA) is 104 Å². The van der Waals surface area contributed by atoms with Gasteiger partial charge in [0.2, 0.25) is 0 Å². The summed E-state index contributed by atoms with van der Waals surface area (Å²) >= 11 is 11.9. The summed E-state index contributed by atoms with van der Waals surface area (Å²) in [7, 11) is 0. The molecule has 8 nitrogen and oxygen atoms in total. The average Bonchev–Trinajstić information content (AvgIpc) is 3.08. The molecule has 0 radical (unpaired) electrons. The molecule has 4 aromatic rings. The van der Waals surface area contributed by atoms with Crippen LogP contribution in [-0.4, -0.2) is 19.4 Å². The molecule has 0 aliphatic heterocycles. The third-order valence-corrected chi connectivity index (χ3v) is 5.24. The van der Waals surface area contributed by atoms with Gasteiger partial charge in [0.15, 0.2) is 0 Å². The number of para-hydroxylation sites is 2. The molecule has 0 spiro atoms. The molecule has 30 heavy (non-hydrogen) atoms. The number of nitro groups is 2. The summed E-state index contributed by atoms with van der Waals surface area (Å²) in [6, 6.07) is 16.4. The van der Waals surface area contributed by atoms with Crippen molar-refractivity contribution >= 4 is 45.6 Å². The second kappa shape index (κ2) is 7.74. The van der Waals surface area contributed by atoms with Gasteiger partial charge >= 0.3 is 0 Å². The van der Waals surface area contributed by atoms with Crippen molar-refractivity contribution in [3.05, 3.63) is 96.5 Å². The Labute approximate surface area is 179 Å². The van der Waals surface area contributed by atoms with Gasteiger partial charge < -0.3 is 4.57 Å². The fourth-order valence-corrected chi connectivity index (χ4v) is 3.60. The first kappa shape index (κ1) is 19.8. The molecule has 0 amide bonds. The molecule has 4 rings (SSSR count). The molecule has 1 heterocycles. The second-order valence-corrected chi connectivity index (χ2v) is 7.29. The van der Waals surface area contributed by atoms with E-state index in [9.17, 15) is 20.2 Å². The highest BCUT2D eigenvalue weighted by molar-refractivity contribution is 6.33. The van der Waals surface area contributed by atoms with Crippen molar-refractivity contribution in [2.75, 3.05) is 0 Å². The standard InChI is InChI=1S/C20H12Cl2N4O4/c21-14-7-5-12(9-18(14)25(27)28)11-24-17-4-2-1-3-16(17)23-20(24)13-6-8-15(22)19(10-13)26(29)30/h1-10H,11H2. The predicted molar refractivity (Wildman–Crippen MR) is 114 cm³/mol. The van der Waals surface area contributed by atoms with E-state index in [1.54, 1.807) is 12.1 Å². The molecule has 0 fully saturated rings. The van der Waals surface area contributed by atoms with E-state index in [4.69, 9.17) is 23.2 Å². The summed E-state index contributed by atoms with van der Waals surface area (Å²) < 4.78 is 1.84. The van der Waals surface area contributed by atoms with Gasteiger partial charge in [-0.05, 0) is 35.9 Å². The minimum Gasteiger partial charge on any atom is -0.319 e. The van der Waals surface area contributed by atoms with Crippen LogP contribution in [0, 0.1) is 20.2 Å². The lowest BCUT2D eigenvalue weighted by Crippen LogP contribution is -2.03. The first-order valence-electron chi connectivity index (χ1n) is 8.67. The van der Waals surface area contributed by atoms with Crippen LogP contribution < -0.4 is 0 Å². The van der Waals surface area contributed by atoms with Crippen molar-refractivity contribution in [1.82, 2.24) is 9.55 Å². The van der Waals surface area contributed by atoms with Crippen LogP contribution in [0.4, 0.5) is 11.4 Å². The number of fused-ring (bicyclic) bond motifs is 1. The quantitative estimate of drug-likeness (QED) is 0.283. The number of aromatic nitrogens is 2. The number of hydrogen-bond donors (Lipinski definition) is 0. The summed E-state index contributed by atoms with van der Waals surface area (Å²) in [4.78, 5) is 26.1. The maximum absolute atomic E-state index is 11.3. The fraction of sp³-hybridized carbons (Fsp3) is 0.0500. The average molecular weight is 443 g/mol. The molecular formula is C20H12Cl2N4O4. The Hall–Kier alpha value is -3.49. The smallest absolute Gasteiger partial charge is 0.288 e. The minimum absolute atomic E-state index is 0.0275. The lowest BCUT2D eigenvalue weighted by atomic mass is 10.1. The van der Waals surface area contributed by atoms with Gasteiger partial charge in [0.05, 0.1) is 20.9 Å². The highest BCUT2D eigenvalue weighted by atomic mass is 35.5. The Balaban J connectivity index is 1.89. The Morgan fingerprint density at radius 2 is 1.50 bits per heavy atom. The summed E-state index contributed by atoms with van der Waals surface area (Å²) in [6.07, 6.45) is 0. The maximum atomic E-state index is 11.3. The van der Waals surface area contributed by atoms with Gasteiger partial charge in [-0.2, -0.15) is 0 Å². The van der Waals surface area contributed by atoms with Crippen molar-refractivity contribution in [2.45, 2.75) is 6.54 Å².